The SMILES string of the molecule is CCCCC(F)(F)CCCOc1nsnc1C1=CCCN(C)C1. The number of hydrogen-bond donors (Lipinski definition) is 0. The number of nitrogens with zero attached hydrogens (tertiary/aromatic N) is 3. The van der Waals surface area contributed by atoms with Crippen LogP contribution in [0.2, 0.25) is 0 Å². The summed E-state index contributed by atoms with van der Waals surface area (Å²) in [5.74, 6) is -2.11. The van der Waals surface area contributed by atoms with Crippen LogP contribution in [0.5, 0.6) is 5.88 Å². The number of rotatable bonds is 9. The zero-order chi connectivity index (χ0) is 16.7. The maximum absolute atomic E-state index is 13.6. The first-order valence-electron chi connectivity index (χ1n) is 8.23. The molecule has 2 rings (SSSR count). The minimum absolute atomic E-state index is 0.0355. The Hall–Kier alpha value is -1.08. The first-order valence-corrected chi connectivity index (χ1v) is 8.96. The smallest absolute Gasteiger partial charge is 0.253 e. The van der Waals surface area contributed by atoms with E-state index in [0.29, 0.717) is 18.7 Å². The molecule has 0 bridgehead atoms. The summed E-state index contributed by atoms with van der Waals surface area (Å²) in [6.45, 7) is 4.03. The van der Waals surface area contributed by atoms with Crippen LogP contribution in [0.1, 0.15) is 51.1 Å². The summed E-state index contributed by atoms with van der Waals surface area (Å²) in [5, 5.41) is 0. The van der Waals surface area contributed by atoms with Crippen molar-refractivity contribution in [1.82, 2.24) is 13.6 Å². The monoisotopic (exact) mass is 345 g/mol. The normalized spacial score (nSPS) is 16.4. The molecule has 0 N–H and O–H groups in total. The van der Waals surface area contributed by atoms with Gasteiger partial charge in [-0.1, -0.05) is 19.4 Å². The Labute approximate surface area is 140 Å². The molecule has 1 aromatic heterocycles. The van der Waals surface area contributed by atoms with Crippen LogP contribution < -0.4 is 4.74 Å². The van der Waals surface area contributed by atoms with Crippen molar-refractivity contribution in [3.05, 3.63) is 11.8 Å². The van der Waals surface area contributed by atoms with Crippen LogP contribution in [0.4, 0.5) is 8.78 Å². The van der Waals surface area contributed by atoms with E-state index in [1.54, 1.807) is 0 Å². The van der Waals surface area contributed by atoms with E-state index in [9.17, 15) is 8.78 Å². The second kappa shape index (κ2) is 8.68. The Morgan fingerprint density at radius 3 is 2.83 bits per heavy atom. The number of halogens is 2. The minimum atomic E-state index is -2.59. The lowest BCUT2D eigenvalue weighted by Gasteiger charge is -2.22. The van der Waals surface area contributed by atoms with Crippen LogP contribution in [0.15, 0.2) is 6.08 Å². The van der Waals surface area contributed by atoms with Gasteiger partial charge in [-0.25, -0.2) is 8.78 Å². The second-order valence-corrected chi connectivity index (χ2v) is 6.61. The van der Waals surface area contributed by atoms with Crippen molar-refractivity contribution >= 4 is 17.3 Å². The number of ether oxygens (including phenoxy) is 1. The molecule has 0 aromatic carbocycles. The van der Waals surface area contributed by atoms with E-state index in [1.165, 1.54) is 0 Å². The van der Waals surface area contributed by atoms with Gasteiger partial charge in [0.15, 0.2) is 0 Å². The van der Waals surface area contributed by atoms with Gasteiger partial charge in [0.1, 0.15) is 5.69 Å². The van der Waals surface area contributed by atoms with E-state index < -0.39 is 5.92 Å². The number of likely N-dealkylation sites (N-methyl/N-ethyl adjacent to an activating group) is 1. The van der Waals surface area contributed by atoms with Gasteiger partial charge in [-0.2, -0.15) is 4.37 Å². The average Bonchev–Trinajstić information content (AvgIpc) is 2.98. The Kier molecular flexibility index (Phi) is 6.89. The van der Waals surface area contributed by atoms with Gasteiger partial charge < -0.3 is 9.64 Å². The summed E-state index contributed by atoms with van der Waals surface area (Å²) < 4.78 is 41.3. The Bertz CT molecular complexity index is 519. The quantitative estimate of drug-likeness (QED) is 0.628. The van der Waals surface area contributed by atoms with Gasteiger partial charge in [0, 0.05) is 25.9 Å². The highest BCUT2D eigenvalue weighted by molar-refractivity contribution is 6.99. The number of unbranched alkanes of at least 4 members (excludes halogenated alkanes) is 1. The van der Waals surface area contributed by atoms with Gasteiger partial charge in [0.25, 0.3) is 5.88 Å². The molecule has 0 radical (unpaired) electrons. The third-order valence-electron chi connectivity index (χ3n) is 3.93. The lowest BCUT2D eigenvalue weighted by atomic mass is 10.1. The van der Waals surface area contributed by atoms with Crippen LogP contribution >= 0.6 is 11.7 Å². The summed E-state index contributed by atoms with van der Waals surface area (Å²) in [7, 11) is 2.06. The van der Waals surface area contributed by atoms with E-state index in [1.807, 2.05) is 6.92 Å². The number of alkyl halides is 2. The molecule has 23 heavy (non-hydrogen) atoms. The van der Waals surface area contributed by atoms with Crippen LogP contribution in [-0.2, 0) is 0 Å². The van der Waals surface area contributed by atoms with Crippen molar-refractivity contribution in [2.45, 2.75) is 51.4 Å². The second-order valence-electron chi connectivity index (χ2n) is 6.09. The Morgan fingerprint density at radius 1 is 1.30 bits per heavy atom. The van der Waals surface area contributed by atoms with Crippen LogP contribution in [0.3, 0.4) is 0 Å². The zero-order valence-electron chi connectivity index (χ0n) is 13.9. The Morgan fingerprint density at radius 2 is 2.09 bits per heavy atom. The van der Waals surface area contributed by atoms with E-state index in [-0.39, 0.29) is 19.4 Å². The van der Waals surface area contributed by atoms with Gasteiger partial charge in [-0.05, 0) is 31.9 Å². The highest BCUT2D eigenvalue weighted by atomic mass is 32.1. The Balaban J connectivity index is 1.81. The topological polar surface area (TPSA) is 38.3 Å². The van der Waals surface area contributed by atoms with E-state index in [4.69, 9.17) is 4.74 Å². The maximum Gasteiger partial charge on any atom is 0.253 e. The predicted molar refractivity (Wildman–Crippen MR) is 89.2 cm³/mol. The lowest BCUT2D eigenvalue weighted by molar-refractivity contribution is -0.0224. The molecule has 0 spiro atoms. The molecule has 7 heteroatoms. The molecule has 0 saturated carbocycles. The molecule has 0 aliphatic carbocycles. The molecule has 0 saturated heterocycles. The van der Waals surface area contributed by atoms with Crippen molar-refractivity contribution in [3.8, 4) is 5.88 Å². The summed E-state index contributed by atoms with van der Waals surface area (Å²) in [6.07, 6.45) is 4.65. The molecule has 1 aliphatic heterocycles. The highest BCUT2D eigenvalue weighted by Crippen LogP contribution is 2.29. The van der Waals surface area contributed by atoms with Gasteiger partial charge in [-0.15, -0.1) is 4.37 Å². The molecular formula is C16H25F2N3OS. The fourth-order valence-electron chi connectivity index (χ4n) is 2.60. The molecule has 2 heterocycles. The van der Waals surface area contributed by atoms with Crippen molar-refractivity contribution in [1.29, 1.82) is 0 Å². The number of hydrogen-bond acceptors (Lipinski definition) is 5. The fraction of sp³-hybridized carbons (Fsp3) is 0.750. The highest BCUT2D eigenvalue weighted by Gasteiger charge is 2.27. The molecule has 0 amide bonds. The summed E-state index contributed by atoms with van der Waals surface area (Å²) >= 11 is 1.10. The van der Waals surface area contributed by atoms with Crippen molar-refractivity contribution in [3.63, 3.8) is 0 Å². The van der Waals surface area contributed by atoms with Gasteiger partial charge in [-0.3, -0.25) is 0 Å². The molecule has 0 fully saturated rings. The van der Waals surface area contributed by atoms with Gasteiger partial charge in [0.05, 0.1) is 18.3 Å². The zero-order valence-corrected chi connectivity index (χ0v) is 14.7. The third-order valence-corrected chi connectivity index (χ3v) is 4.44. The van der Waals surface area contributed by atoms with Crippen molar-refractivity contribution in [2.24, 2.45) is 0 Å². The van der Waals surface area contributed by atoms with Crippen LogP contribution in [0, 0.1) is 0 Å². The standard InChI is InChI=1S/C16H25F2N3OS/c1-3-4-8-16(17,18)9-6-11-22-15-14(19-23-20-15)13-7-5-10-21(2)12-13/h7H,3-6,8-12H2,1-2H3. The molecule has 1 aliphatic rings. The molecule has 0 unspecified atom stereocenters. The fourth-order valence-corrected chi connectivity index (χ4v) is 3.13. The van der Waals surface area contributed by atoms with E-state index in [0.717, 1.165) is 48.9 Å². The first-order chi connectivity index (χ1) is 11.0. The predicted octanol–water partition coefficient (Wildman–Crippen LogP) is 4.24. The summed E-state index contributed by atoms with van der Waals surface area (Å²) in [5.41, 5.74) is 1.87. The van der Waals surface area contributed by atoms with Crippen LogP contribution in [-0.4, -0.2) is 46.3 Å². The largest absolute Gasteiger partial charge is 0.475 e. The van der Waals surface area contributed by atoms with E-state index >= 15 is 0 Å². The molecule has 0 atom stereocenters. The number of aromatic nitrogens is 2. The molecule has 130 valence electrons. The van der Waals surface area contributed by atoms with Crippen molar-refractivity contribution in [2.75, 3.05) is 26.7 Å². The third kappa shape index (κ3) is 5.80. The molecule has 4 nitrogen and oxygen atoms in total. The molecular weight excluding hydrogens is 320 g/mol. The summed E-state index contributed by atoms with van der Waals surface area (Å²) in [6, 6.07) is 0. The van der Waals surface area contributed by atoms with E-state index in [2.05, 4.69) is 26.8 Å². The molecule has 1 aromatic rings. The minimum Gasteiger partial charge on any atom is -0.475 e. The summed E-state index contributed by atoms with van der Waals surface area (Å²) in [4.78, 5) is 2.22. The van der Waals surface area contributed by atoms with Crippen LogP contribution in [0.25, 0.3) is 5.57 Å². The maximum atomic E-state index is 13.6. The first kappa shape index (κ1) is 18.3. The average molecular weight is 345 g/mol. The van der Waals surface area contributed by atoms with Gasteiger partial charge in [0.2, 0.25) is 5.92 Å². The van der Waals surface area contributed by atoms with Gasteiger partial charge >= 0.3 is 0 Å². The van der Waals surface area contributed by atoms with Crippen molar-refractivity contribution < 1.29 is 13.5 Å². The lowest BCUT2D eigenvalue weighted by Crippen LogP contribution is -2.25.